The quantitative estimate of drug-likeness (QED) is 0.621. The third-order valence-electron chi connectivity index (χ3n) is 5.04. The number of carbonyl (C=O) groups is 4. The SMILES string of the molecule is CC(=O)CC(NC(=O)C1(C(F)(F)F)CCCCN1C(=O)OCc1cccc(Cl)c1)C(=O)O. The highest BCUT2D eigenvalue weighted by atomic mass is 35.5. The highest BCUT2D eigenvalue weighted by Crippen LogP contribution is 2.43. The maximum absolute atomic E-state index is 14.2. The number of amides is 2. The van der Waals surface area contributed by atoms with E-state index in [0.717, 1.165) is 6.92 Å². The van der Waals surface area contributed by atoms with E-state index in [9.17, 15) is 37.5 Å². The number of halogens is 4. The standard InChI is InChI=1S/C20H22ClF3N2O6/c1-12(27)9-15(16(28)29)25-17(30)19(20(22,23)24)7-2-3-8-26(19)18(31)32-11-13-5-4-6-14(21)10-13/h4-6,10,15H,2-3,7-9,11H2,1H3,(H,25,30)(H,28,29). The fraction of sp³-hybridized carbons (Fsp3) is 0.500. The summed E-state index contributed by atoms with van der Waals surface area (Å²) in [6.07, 6.45) is -7.93. The number of Topliss-reactive ketones (excluding diaryl/α,β-unsaturated/α-hetero) is 1. The molecule has 0 saturated carbocycles. The van der Waals surface area contributed by atoms with Crippen molar-refractivity contribution in [3.05, 3.63) is 34.9 Å². The first kappa shape index (κ1) is 25.4. The monoisotopic (exact) mass is 478 g/mol. The summed E-state index contributed by atoms with van der Waals surface area (Å²) in [4.78, 5) is 48.4. The van der Waals surface area contributed by atoms with Crippen LogP contribution in [0.15, 0.2) is 24.3 Å². The van der Waals surface area contributed by atoms with Gasteiger partial charge in [0.1, 0.15) is 18.4 Å². The third-order valence-corrected chi connectivity index (χ3v) is 5.28. The van der Waals surface area contributed by atoms with E-state index in [1.165, 1.54) is 6.07 Å². The summed E-state index contributed by atoms with van der Waals surface area (Å²) in [6.45, 7) is 0.237. The number of likely N-dealkylation sites (tertiary alicyclic amines) is 1. The molecule has 1 aliphatic heterocycles. The number of carbonyl (C=O) groups excluding carboxylic acids is 3. The molecule has 2 atom stereocenters. The van der Waals surface area contributed by atoms with Crippen molar-refractivity contribution in [1.82, 2.24) is 10.2 Å². The first-order chi connectivity index (χ1) is 14.9. The van der Waals surface area contributed by atoms with Gasteiger partial charge in [-0.25, -0.2) is 9.59 Å². The average molecular weight is 479 g/mol. The smallest absolute Gasteiger partial charge is 0.420 e. The lowest BCUT2D eigenvalue weighted by atomic mass is 9.84. The Labute approximate surface area is 186 Å². The van der Waals surface area contributed by atoms with E-state index >= 15 is 0 Å². The van der Waals surface area contributed by atoms with Gasteiger partial charge in [0, 0.05) is 18.0 Å². The van der Waals surface area contributed by atoms with Gasteiger partial charge in [0.05, 0.1) is 0 Å². The lowest BCUT2D eigenvalue weighted by molar-refractivity contribution is -0.231. The van der Waals surface area contributed by atoms with Gasteiger partial charge in [0.2, 0.25) is 5.54 Å². The fourth-order valence-electron chi connectivity index (χ4n) is 3.50. The van der Waals surface area contributed by atoms with Crippen LogP contribution in [-0.2, 0) is 25.7 Å². The second-order valence-electron chi connectivity index (χ2n) is 7.42. The van der Waals surface area contributed by atoms with Gasteiger partial charge in [0.25, 0.3) is 5.91 Å². The van der Waals surface area contributed by atoms with Gasteiger partial charge in [-0.2, -0.15) is 13.2 Å². The molecule has 12 heteroatoms. The summed E-state index contributed by atoms with van der Waals surface area (Å²) in [5, 5.41) is 11.3. The topological polar surface area (TPSA) is 113 Å². The normalized spacial score (nSPS) is 19.7. The molecule has 1 fully saturated rings. The summed E-state index contributed by atoms with van der Waals surface area (Å²) in [7, 11) is 0. The molecule has 0 bridgehead atoms. The zero-order valence-electron chi connectivity index (χ0n) is 17.1. The molecule has 1 saturated heterocycles. The maximum Gasteiger partial charge on any atom is 0.420 e. The summed E-state index contributed by atoms with van der Waals surface area (Å²) in [6, 6.07) is 4.29. The molecule has 0 aliphatic carbocycles. The Morgan fingerprint density at radius 1 is 1.28 bits per heavy atom. The molecule has 1 aliphatic rings. The van der Waals surface area contributed by atoms with Gasteiger partial charge in [-0.05, 0) is 43.9 Å². The Kier molecular flexibility index (Phi) is 8.11. The molecule has 32 heavy (non-hydrogen) atoms. The number of ether oxygens (including phenoxy) is 1. The lowest BCUT2D eigenvalue weighted by Gasteiger charge is -2.45. The van der Waals surface area contributed by atoms with Crippen LogP contribution in [0.2, 0.25) is 5.02 Å². The maximum atomic E-state index is 14.2. The van der Waals surface area contributed by atoms with Crippen molar-refractivity contribution >= 4 is 35.4 Å². The molecule has 2 amide bonds. The summed E-state index contributed by atoms with van der Waals surface area (Å²) < 4.78 is 47.8. The van der Waals surface area contributed by atoms with Crippen molar-refractivity contribution in [3.8, 4) is 0 Å². The van der Waals surface area contributed by atoms with Crippen LogP contribution in [0.4, 0.5) is 18.0 Å². The summed E-state index contributed by atoms with van der Waals surface area (Å²) in [5.74, 6) is -4.03. The molecule has 8 nitrogen and oxygen atoms in total. The van der Waals surface area contributed by atoms with Crippen molar-refractivity contribution in [2.45, 2.75) is 57.0 Å². The molecule has 1 aromatic rings. The van der Waals surface area contributed by atoms with Crippen LogP contribution < -0.4 is 5.32 Å². The van der Waals surface area contributed by atoms with Crippen molar-refractivity contribution < 1.29 is 42.2 Å². The van der Waals surface area contributed by atoms with Crippen molar-refractivity contribution in [1.29, 1.82) is 0 Å². The minimum atomic E-state index is -5.23. The zero-order chi connectivity index (χ0) is 24.1. The zero-order valence-corrected chi connectivity index (χ0v) is 17.8. The van der Waals surface area contributed by atoms with Crippen LogP contribution >= 0.6 is 11.6 Å². The van der Waals surface area contributed by atoms with E-state index in [1.807, 2.05) is 0 Å². The average Bonchev–Trinajstić information content (AvgIpc) is 2.70. The van der Waals surface area contributed by atoms with Crippen LogP contribution in [0.25, 0.3) is 0 Å². The Morgan fingerprint density at radius 2 is 1.97 bits per heavy atom. The van der Waals surface area contributed by atoms with E-state index in [-0.39, 0.29) is 24.3 Å². The minimum Gasteiger partial charge on any atom is -0.480 e. The number of rotatable bonds is 7. The van der Waals surface area contributed by atoms with Crippen LogP contribution in [0.3, 0.4) is 0 Å². The molecular formula is C20H22ClF3N2O6. The second kappa shape index (κ2) is 10.2. The first-order valence-corrected chi connectivity index (χ1v) is 10.0. The van der Waals surface area contributed by atoms with Crippen molar-refractivity contribution in [3.63, 3.8) is 0 Å². The van der Waals surface area contributed by atoms with Crippen LogP contribution in [-0.4, -0.2) is 58.1 Å². The first-order valence-electron chi connectivity index (χ1n) is 9.67. The van der Waals surface area contributed by atoms with E-state index in [2.05, 4.69) is 0 Å². The van der Waals surface area contributed by atoms with E-state index < -0.39 is 60.9 Å². The molecule has 0 radical (unpaired) electrons. The molecule has 2 N–H and O–H groups in total. The van der Waals surface area contributed by atoms with Crippen molar-refractivity contribution in [2.24, 2.45) is 0 Å². The number of piperidine rings is 1. The number of benzene rings is 1. The number of hydrogen-bond donors (Lipinski definition) is 2. The van der Waals surface area contributed by atoms with Crippen LogP contribution in [0.1, 0.15) is 38.2 Å². The van der Waals surface area contributed by atoms with E-state index in [1.54, 1.807) is 23.5 Å². The van der Waals surface area contributed by atoms with Gasteiger partial charge in [-0.15, -0.1) is 0 Å². The minimum absolute atomic E-state index is 0.0323. The molecule has 176 valence electrons. The molecule has 1 heterocycles. The number of aliphatic carboxylic acids is 1. The predicted octanol–water partition coefficient (Wildman–Crippen LogP) is 3.31. The molecule has 2 rings (SSSR count). The summed E-state index contributed by atoms with van der Waals surface area (Å²) >= 11 is 5.84. The number of alkyl halides is 3. The number of carboxylic acids is 1. The van der Waals surface area contributed by atoms with E-state index in [0.29, 0.717) is 10.6 Å². The lowest BCUT2D eigenvalue weighted by Crippen LogP contribution is -2.71. The van der Waals surface area contributed by atoms with Crippen LogP contribution in [0, 0.1) is 0 Å². The van der Waals surface area contributed by atoms with Gasteiger partial charge in [0.15, 0.2) is 0 Å². The molecule has 1 aromatic carbocycles. The largest absolute Gasteiger partial charge is 0.480 e. The Bertz CT molecular complexity index is 894. The number of carboxylic acid groups (broad SMARTS) is 1. The van der Waals surface area contributed by atoms with Gasteiger partial charge >= 0.3 is 18.2 Å². The Hall–Kier alpha value is -2.82. The number of nitrogens with zero attached hydrogens (tertiary/aromatic N) is 1. The Morgan fingerprint density at radius 3 is 2.53 bits per heavy atom. The molecule has 2 unspecified atom stereocenters. The number of ketones is 1. The van der Waals surface area contributed by atoms with Gasteiger partial charge < -0.3 is 15.2 Å². The number of hydrogen-bond acceptors (Lipinski definition) is 5. The van der Waals surface area contributed by atoms with E-state index in [4.69, 9.17) is 16.3 Å². The fourth-order valence-corrected chi connectivity index (χ4v) is 3.71. The molecule has 0 spiro atoms. The highest BCUT2D eigenvalue weighted by Gasteiger charge is 2.66. The molecular weight excluding hydrogens is 457 g/mol. The Balaban J connectivity index is 2.32. The second-order valence-corrected chi connectivity index (χ2v) is 7.86. The summed E-state index contributed by atoms with van der Waals surface area (Å²) in [5.41, 5.74) is -2.90. The third kappa shape index (κ3) is 5.70. The number of nitrogens with one attached hydrogen (secondary N) is 1. The highest BCUT2D eigenvalue weighted by molar-refractivity contribution is 6.30. The molecule has 0 aromatic heterocycles. The predicted molar refractivity (Wildman–Crippen MR) is 106 cm³/mol. The van der Waals surface area contributed by atoms with Crippen LogP contribution in [0.5, 0.6) is 0 Å². The van der Waals surface area contributed by atoms with Gasteiger partial charge in [-0.1, -0.05) is 23.7 Å². The van der Waals surface area contributed by atoms with Gasteiger partial charge in [-0.3, -0.25) is 14.5 Å². The van der Waals surface area contributed by atoms with Crippen molar-refractivity contribution in [2.75, 3.05) is 6.54 Å².